The lowest BCUT2D eigenvalue weighted by Gasteiger charge is -2.31. The molecule has 2 aliphatic heterocycles. The van der Waals surface area contributed by atoms with Crippen molar-refractivity contribution in [1.82, 2.24) is 34.6 Å². The number of hydrogen-bond donors (Lipinski definition) is 1. The fourth-order valence-electron chi connectivity index (χ4n) is 5.64. The lowest BCUT2D eigenvalue weighted by atomic mass is 10.1. The van der Waals surface area contributed by atoms with Gasteiger partial charge in [0.2, 0.25) is 11.8 Å². The Hall–Kier alpha value is -4.22. The quantitative estimate of drug-likeness (QED) is 0.515. The Bertz CT molecular complexity index is 1350. The van der Waals surface area contributed by atoms with E-state index in [1.807, 2.05) is 18.7 Å². The number of amides is 4. The maximum atomic E-state index is 13.5. The third-order valence-electron chi connectivity index (χ3n) is 7.68. The molecule has 0 aromatic carbocycles. The van der Waals surface area contributed by atoms with Crippen LogP contribution in [0.15, 0.2) is 47.5 Å². The second kappa shape index (κ2) is 12.5. The summed E-state index contributed by atoms with van der Waals surface area (Å²) in [6, 6.07) is 4.02. The minimum Gasteiger partial charge on any atom is -0.472 e. The van der Waals surface area contributed by atoms with Crippen LogP contribution in [-0.4, -0.2) is 97.7 Å². The molecule has 0 spiro atoms. The van der Waals surface area contributed by atoms with E-state index in [9.17, 15) is 19.2 Å². The van der Waals surface area contributed by atoms with Crippen LogP contribution in [0.25, 0.3) is 5.65 Å². The molecule has 5 rings (SSSR count). The number of aromatic nitrogens is 3. The zero-order valence-corrected chi connectivity index (χ0v) is 23.6. The summed E-state index contributed by atoms with van der Waals surface area (Å²) in [5.74, 6) is -0.576. The van der Waals surface area contributed by atoms with Crippen LogP contribution in [0.4, 0.5) is 0 Å². The number of furan rings is 1. The average Bonchev–Trinajstić information content (AvgIpc) is 3.72. The summed E-state index contributed by atoms with van der Waals surface area (Å²) in [5.41, 5.74) is 1.28. The molecule has 2 fully saturated rings. The van der Waals surface area contributed by atoms with E-state index in [1.54, 1.807) is 44.9 Å². The van der Waals surface area contributed by atoms with Crippen molar-refractivity contribution in [3.8, 4) is 0 Å². The number of nitrogens with zero attached hydrogens (tertiary/aromatic N) is 6. The van der Waals surface area contributed by atoms with E-state index in [0.717, 1.165) is 0 Å². The maximum Gasteiger partial charge on any atom is 0.274 e. The Morgan fingerprint density at radius 3 is 2.68 bits per heavy atom. The van der Waals surface area contributed by atoms with Crippen LogP contribution >= 0.6 is 0 Å². The first-order valence-electron chi connectivity index (χ1n) is 14.3. The Morgan fingerprint density at radius 2 is 1.93 bits per heavy atom. The minimum atomic E-state index is -0.679. The van der Waals surface area contributed by atoms with Crippen molar-refractivity contribution < 1.29 is 23.6 Å². The van der Waals surface area contributed by atoms with Gasteiger partial charge in [0, 0.05) is 57.6 Å². The molecule has 12 heteroatoms. The number of carbonyl (C=O) groups is 4. The van der Waals surface area contributed by atoms with Gasteiger partial charge in [0.15, 0.2) is 11.3 Å². The van der Waals surface area contributed by atoms with Crippen molar-refractivity contribution in [3.05, 3.63) is 54.4 Å². The van der Waals surface area contributed by atoms with E-state index < -0.39 is 6.04 Å². The van der Waals surface area contributed by atoms with Crippen molar-refractivity contribution in [1.29, 1.82) is 0 Å². The molecular formula is C29H37N7O5. The molecule has 3 aromatic rings. The number of fused-ring (bicyclic) bond motifs is 3. The van der Waals surface area contributed by atoms with Gasteiger partial charge in [-0.2, -0.15) is 5.10 Å². The molecular weight excluding hydrogens is 526 g/mol. The van der Waals surface area contributed by atoms with E-state index >= 15 is 0 Å². The van der Waals surface area contributed by atoms with Crippen molar-refractivity contribution in [2.45, 2.75) is 58.0 Å². The topological polar surface area (TPSA) is 133 Å². The molecule has 2 atom stereocenters. The van der Waals surface area contributed by atoms with E-state index in [4.69, 9.17) is 4.42 Å². The molecule has 218 valence electrons. The summed E-state index contributed by atoms with van der Waals surface area (Å²) in [7, 11) is 0. The second-order valence-corrected chi connectivity index (χ2v) is 11.2. The van der Waals surface area contributed by atoms with E-state index in [2.05, 4.69) is 15.4 Å². The standard InChI is InChI=1S/C29H37N7O5/c1-20(2)15-26(37)34-12-6-11-33(29(40)23-17-25-30-9-5-13-36(25)32-23)10-4-3-8-31-27(38)24-16-22(34)18-35(24)28(39)21-7-14-41-19-21/h5,7,9,13-14,17,19-20,22,24H,3-4,6,8,10-12,15-16,18H2,1-2H3,(H,31,38)/t22-,24-/m0/s1. The van der Waals surface area contributed by atoms with Crippen molar-refractivity contribution in [3.63, 3.8) is 0 Å². The number of carbonyl (C=O) groups excluding carboxylic acids is 4. The first kappa shape index (κ1) is 28.3. The molecule has 2 aliphatic rings. The van der Waals surface area contributed by atoms with Crippen LogP contribution in [0.3, 0.4) is 0 Å². The van der Waals surface area contributed by atoms with Crippen molar-refractivity contribution in [2.75, 3.05) is 32.7 Å². The first-order valence-corrected chi connectivity index (χ1v) is 14.3. The zero-order chi connectivity index (χ0) is 28.9. The largest absolute Gasteiger partial charge is 0.472 e. The highest BCUT2D eigenvalue weighted by Gasteiger charge is 2.43. The van der Waals surface area contributed by atoms with Crippen LogP contribution in [-0.2, 0) is 9.59 Å². The molecule has 12 nitrogen and oxygen atoms in total. The summed E-state index contributed by atoms with van der Waals surface area (Å²) in [4.78, 5) is 63.0. The maximum absolute atomic E-state index is 13.5. The summed E-state index contributed by atoms with van der Waals surface area (Å²) in [6.07, 6.45) is 8.84. The molecule has 3 aromatic heterocycles. The highest BCUT2D eigenvalue weighted by atomic mass is 16.3. The molecule has 41 heavy (non-hydrogen) atoms. The third kappa shape index (κ3) is 6.41. The second-order valence-electron chi connectivity index (χ2n) is 11.2. The van der Waals surface area contributed by atoms with Gasteiger partial charge in [-0.3, -0.25) is 19.2 Å². The van der Waals surface area contributed by atoms with Crippen LogP contribution in [0.1, 0.15) is 66.8 Å². The van der Waals surface area contributed by atoms with Crippen LogP contribution in [0.2, 0.25) is 0 Å². The van der Waals surface area contributed by atoms with Gasteiger partial charge >= 0.3 is 0 Å². The molecule has 1 N–H and O–H groups in total. The first-order chi connectivity index (χ1) is 19.8. The Kier molecular flexibility index (Phi) is 8.65. The molecule has 0 radical (unpaired) electrons. The molecule has 0 saturated carbocycles. The van der Waals surface area contributed by atoms with E-state index in [0.29, 0.717) is 75.2 Å². The predicted molar refractivity (Wildman–Crippen MR) is 149 cm³/mol. The summed E-state index contributed by atoms with van der Waals surface area (Å²) >= 11 is 0. The van der Waals surface area contributed by atoms with Gasteiger partial charge in [-0.15, -0.1) is 0 Å². The lowest BCUT2D eigenvalue weighted by molar-refractivity contribution is -0.134. The number of hydrogen-bond acceptors (Lipinski definition) is 7. The smallest absolute Gasteiger partial charge is 0.274 e. The summed E-state index contributed by atoms with van der Waals surface area (Å²) < 4.78 is 6.69. The van der Waals surface area contributed by atoms with Gasteiger partial charge in [0.05, 0.1) is 17.9 Å². The number of nitrogens with one attached hydrogen (secondary N) is 1. The minimum absolute atomic E-state index is 0.0156. The molecule has 2 bridgehead atoms. The zero-order valence-electron chi connectivity index (χ0n) is 23.6. The fraction of sp³-hybridized carbons (Fsp3) is 0.517. The Morgan fingerprint density at radius 1 is 1.10 bits per heavy atom. The molecule has 2 saturated heterocycles. The van der Waals surface area contributed by atoms with E-state index in [-0.39, 0.29) is 42.1 Å². The van der Waals surface area contributed by atoms with Gasteiger partial charge in [-0.05, 0) is 43.7 Å². The van der Waals surface area contributed by atoms with Gasteiger partial charge in [-0.25, -0.2) is 9.50 Å². The van der Waals surface area contributed by atoms with Gasteiger partial charge in [0.25, 0.3) is 11.8 Å². The summed E-state index contributed by atoms with van der Waals surface area (Å²) in [5, 5.41) is 7.38. The Labute approximate surface area is 238 Å². The van der Waals surface area contributed by atoms with Gasteiger partial charge in [-0.1, -0.05) is 13.8 Å². The molecule has 0 unspecified atom stereocenters. The highest BCUT2D eigenvalue weighted by molar-refractivity contribution is 5.98. The Balaban J connectivity index is 1.37. The van der Waals surface area contributed by atoms with Gasteiger partial charge in [0.1, 0.15) is 12.3 Å². The number of rotatable bonds is 4. The molecule has 4 amide bonds. The van der Waals surface area contributed by atoms with E-state index in [1.165, 1.54) is 12.5 Å². The highest BCUT2D eigenvalue weighted by Crippen LogP contribution is 2.27. The molecule has 5 heterocycles. The van der Waals surface area contributed by atoms with Crippen LogP contribution < -0.4 is 5.32 Å². The predicted octanol–water partition coefficient (Wildman–Crippen LogP) is 2.22. The van der Waals surface area contributed by atoms with Gasteiger partial charge < -0.3 is 24.4 Å². The SMILES string of the molecule is CC(C)CC(=O)N1CCCN(C(=O)c2cc3ncccn3n2)CCCCNC(=O)[C@@H]2C[C@H]1CN2C(=O)c1ccoc1. The molecule has 0 aliphatic carbocycles. The van der Waals surface area contributed by atoms with Crippen molar-refractivity contribution >= 4 is 29.3 Å². The third-order valence-corrected chi connectivity index (χ3v) is 7.68. The van der Waals surface area contributed by atoms with Crippen molar-refractivity contribution in [2.24, 2.45) is 5.92 Å². The van der Waals surface area contributed by atoms with Crippen LogP contribution in [0, 0.1) is 5.92 Å². The van der Waals surface area contributed by atoms with Crippen LogP contribution in [0.5, 0.6) is 0 Å². The fourth-order valence-corrected chi connectivity index (χ4v) is 5.64. The lowest BCUT2D eigenvalue weighted by Crippen LogP contribution is -2.46. The monoisotopic (exact) mass is 563 g/mol. The summed E-state index contributed by atoms with van der Waals surface area (Å²) in [6.45, 7) is 6.01. The number of likely N-dealkylation sites (tertiary alicyclic amines) is 1. The normalized spacial score (nSPS) is 20.8. The average molecular weight is 564 g/mol.